The van der Waals surface area contributed by atoms with E-state index >= 15 is 0 Å². The third-order valence-corrected chi connectivity index (χ3v) is 5.40. The van der Waals surface area contributed by atoms with Crippen molar-refractivity contribution >= 4 is 23.2 Å². The predicted molar refractivity (Wildman–Crippen MR) is 89.2 cm³/mol. The zero-order valence-corrected chi connectivity index (χ0v) is 13.8. The van der Waals surface area contributed by atoms with E-state index in [1.54, 1.807) is 4.90 Å². The minimum Gasteiger partial charge on any atom is -0.396 e. The van der Waals surface area contributed by atoms with Crippen molar-refractivity contribution in [2.75, 3.05) is 19.7 Å². The summed E-state index contributed by atoms with van der Waals surface area (Å²) in [5.74, 6) is 0.0401. The van der Waals surface area contributed by atoms with Gasteiger partial charge in [0.2, 0.25) is 5.91 Å². The van der Waals surface area contributed by atoms with E-state index in [9.17, 15) is 9.59 Å². The van der Waals surface area contributed by atoms with Gasteiger partial charge in [-0.15, -0.1) is 11.3 Å². The van der Waals surface area contributed by atoms with Gasteiger partial charge in [0.15, 0.2) is 0 Å². The average molecular weight is 334 g/mol. The number of thiophene rings is 1. The molecule has 6 heteroatoms. The van der Waals surface area contributed by atoms with Crippen molar-refractivity contribution in [2.24, 2.45) is 11.8 Å². The largest absolute Gasteiger partial charge is 0.396 e. The summed E-state index contributed by atoms with van der Waals surface area (Å²) in [7, 11) is 0. The first-order valence-electron chi connectivity index (χ1n) is 8.09. The molecule has 2 aliphatic rings. The molecule has 1 saturated heterocycles. The van der Waals surface area contributed by atoms with E-state index in [1.807, 2.05) is 29.7 Å². The van der Waals surface area contributed by atoms with E-state index < -0.39 is 0 Å². The molecule has 1 aromatic rings. The van der Waals surface area contributed by atoms with Crippen LogP contribution < -0.4 is 5.32 Å². The van der Waals surface area contributed by atoms with Crippen molar-refractivity contribution in [3.8, 4) is 0 Å². The second-order valence-corrected chi connectivity index (χ2v) is 7.19. The molecule has 2 heterocycles. The number of nitrogens with zero attached hydrogens (tertiary/aromatic N) is 1. The summed E-state index contributed by atoms with van der Waals surface area (Å²) in [6, 6.07) is 3.70. The van der Waals surface area contributed by atoms with Gasteiger partial charge in [-0.3, -0.25) is 9.59 Å². The van der Waals surface area contributed by atoms with E-state index in [4.69, 9.17) is 5.11 Å². The van der Waals surface area contributed by atoms with E-state index in [0.29, 0.717) is 6.54 Å². The second kappa shape index (κ2) is 7.27. The molecule has 124 valence electrons. The van der Waals surface area contributed by atoms with Gasteiger partial charge in [0.25, 0.3) is 5.91 Å². The highest BCUT2D eigenvalue weighted by Gasteiger charge is 2.30. The first-order chi connectivity index (χ1) is 11.2. The third kappa shape index (κ3) is 3.82. The lowest BCUT2D eigenvalue weighted by Crippen LogP contribution is -2.47. The highest BCUT2D eigenvalue weighted by Crippen LogP contribution is 2.22. The molecule has 0 spiro atoms. The molecular weight excluding hydrogens is 312 g/mol. The number of amides is 2. The zero-order valence-electron chi connectivity index (χ0n) is 13.0. The zero-order chi connectivity index (χ0) is 16.2. The fourth-order valence-corrected chi connectivity index (χ4v) is 3.94. The van der Waals surface area contributed by atoms with Gasteiger partial charge in [-0.25, -0.2) is 0 Å². The maximum atomic E-state index is 12.5. The van der Waals surface area contributed by atoms with E-state index in [2.05, 4.69) is 5.32 Å². The molecular formula is C17H22N2O3S. The van der Waals surface area contributed by atoms with Crippen molar-refractivity contribution in [3.05, 3.63) is 34.5 Å². The molecule has 1 fully saturated rings. The van der Waals surface area contributed by atoms with Crippen molar-refractivity contribution in [1.29, 1.82) is 0 Å². The third-order valence-electron chi connectivity index (χ3n) is 4.55. The fraction of sp³-hybridized carbons (Fsp3) is 0.529. The molecule has 23 heavy (non-hydrogen) atoms. The molecule has 1 unspecified atom stereocenters. The van der Waals surface area contributed by atoms with Gasteiger partial charge >= 0.3 is 0 Å². The number of aliphatic hydroxyl groups is 1. The van der Waals surface area contributed by atoms with Crippen LogP contribution in [-0.2, 0) is 4.79 Å². The molecule has 1 aromatic heterocycles. The summed E-state index contributed by atoms with van der Waals surface area (Å²) in [5.41, 5.74) is 0. The van der Waals surface area contributed by atoms with Crippen LogP contribution in [0.3, 0.4) is 0 Å². The second-order valence-electron chi connectivity index (χ2n) is 6.25. The highest BCUT2D eigenvalue weighted by molar-refractivity contribution is 7.12. The molecule has 3 atom stereocenters. The van der Waals surface area contributed by atoms with E-state index in [-0.39, 0.29) is 36.3 Å². The minimum absolute atomic E-state index is 0.00280. The van der Waals surface area contributed by atoms with Gasteiger partial charge in [-0.2, -0.15) is 0 Å². The van der Waals surface area contributed by atoms with Crippen molar-refractivity contribution in [3.63, 3.8) is 0 Å². The average Bonchev–Trinajstić information content (AvgIpc) is 3.26. The molecule has 2 N–H and O–H groups in total. The van der Waals surface area contributed by atoms with E-state index in [1.165, 1.54) is 11.3 Å². The van der Waals surface area contributed by atoms with Crippen LogP contribution in [-0.4, -0.2) is 47.6 Å². The number of carbonyl (C=O) groups is 2. The Morgan fingerprint density at radius 2 is 2.26 bits per heavy atom. The number of piperidine rings is 1. The number of aliphatic hydroxyl groups excluding tert-OH is 1. The molecule has 0 radical (unpaired) electrons. The Kier molecular flexibility index (Phi) is 5.13. The lowest BCUT2D eigenvalue weighted by Gasteiger charge is -2.32. The summed E-state index contributed by atoms with van der Waals surface area (Å²) in [5, 5.41) is 14.1. The predicted octanol–water partition coefficient (Wildman–Crippen LogP) is 1.65. The maximum Gasteiger partial charge on any atom is 0.263 e. The quantitative estimate of drug-likeness (QED) is 0.823. The van der Waals surface area contributed by atoms with E-state index in [0.717, 1.165) is 30.7 Å². The van der Waals surface area contributed by atoms with Gasteiger partial charge in [0.05, 0.1) is 10.8 Å². The van der Waals surface area contributed by atoms with Crippen LogP contribution in [0, 0.1) is 11.8 Å². The highest BCUT2D eigenvalue weighted by atomic mass is 32.1. The van der Waals surface area contributed by atoms with Crippen LogP contribution in [0.4, 0.5) is 0 Å². The Morgan fingerprint density at radius 3 is 2.96 bits per heavy atom. The van der Waals surface area contributed by atoms with Crippen molar-refractivity contribution < 1.29 is 14.7 Å². The topological polar surface area (TPSA) is 69.6 Å². The monoisotopic (exact) mass is 334 g/mol. The Hall–Kier alpha value is -1.66. The molecule has 0 aromatic carbocycles. The smallest absolute Gasteiger partial charge is 0.263 e. The van der Waals surface area contributed by atoms with Crippen molar-refractivity contribution in [1.82, 2.24) is 10.2 Å². The van der Waals surface area contributed by atoms with Gasteiger partial charge in [0, 0.05) is 31.7 Å². The SMILES string of the molecule is O=C(N[C@@H]1C=C[C@H](CO)C1)C1CCCN(C(=O)c2cccs2)C1. The molecule has 5 nitrogen and oxygen atoms in total. The molecule has 0 saturated carbocycles. The number of likely N-dealkylation sites (tertiary alicyclic amines) is 1. The standard InChI is InChI=1S/C17H22N2O3S/c20-11-12-5-6-14(9-12)18-16(21)13-3-1-7-19(10-13)17(22)15-4-2-8-23-15/h2,4-6,8,12-14,20H,1,3,7,9-11H2,(H,18,21)/t12-,13?,14+/m0/s1. The Labute approximate surface area is 140 Å². The summed E-state index contributed by atoms with van der Waals surface area (Å²) < 4.78 is 0. The summed E-state index contributed by atoms with van der Waals surface area (Å²) in [6.07, 6.45) is 6.34. The summed E-state index contributed by atoms with van der Waals surface area (Å²) >= 11 is 1.44. The Bertz CT molecular complexity index is 585. The van der Waals surface area contributed by atoms with Gasteiger partial charge in [0.1, 0.15) is 0 Å². The van der Waals surface area contributed by atoms with Gasteiger partial charge in [-0.1, -0.05) is 18.2 Å². The van der Waals surface area contributed by atoms with Crippen LogP contribution in [0.2, 0.25) is 0 Å². The van der Waals surface area contributed by atoms with Crippen LogP contribution in [0.15, 0.2) is 29.7 Å². The number of nitrogens with one attached hydrogen (secondary N) is 1. The maximum absolute atomic E-state index is 12.5. The van der Waals surface area contributed by atoms with Crippen LogP contribution in [0.1, 0.15) is 28.9 Å². The number of hydrogen-bond acceptors (Lipinski definition) is 4. The van der Waals surface area contributed by atoms with Crippen molar-refractivity contribution in [2.45, 2.75) is 25.3 Å². The summed E-state index contributed by atoms with van der Waals surface area (Å²) in [4.78, 5) is 27.4. The van der Waals surface area contributed by atoms with Crippen LogP contribution in [0.5, 0.6) is 0 Å². The summed E-state index contributed by atoms with van der Waals surface area (Å²) in [6.45, 7) is 1.33. The molecule has 3 rings (SSSR count). The van der Waals surface area contributed by atoms with Gasteiger partial charge in [-0.05, 0) is 30.7 Å². The fourth-order valence-electron chi connectivity index (χ4n) is 3.25. The lowest BCUT2D eigenvalue weighted by molar-refractivity contribution is -0.126. The first-order valence-corrected chi connectivity index (χ1v) is 8.97. The first kappa shape index (κ1) is 16.2. The molecule has 0 bridgehead atoms. The molecule has 1 aliphatic carbocycles. The van der Waals surface area contributed by atoms with Crippen LogP contribution in [0.25, 0.3) is 0 Å². The number of hydrogen-bond donors (Lipinski definition) is 2. The Balaban J connectivity index is 1.55. The Morgan fingerprint density at radius 1 is 1.39 bits per heavy atom. The minimum atomic E-state index is -0.144. The van der Waals surface area contributed by atoms with Gasteiger partial charge < -0.3 is 15.3 Å². The van der Waals surface area contributed by atoms with Crippen LogP contribution >= 0.6 is 11.3 Å². The molecule has 2 amide bonds. The number of carbonyl (C=O) groups excluding carboxylic acids is 2. The normalized spacial score (nSPS) is 27.2. The number of rotatable bonds is 4. The molecule has 1 aliphatic heterocycles. The lowest BCUT2D eigenvalue weighted by atomic mass is 9.96.